The van der Waals surface area contributed by atoms with Crippen molar-refractivity contribution in [1.29, 1.82) is 0 Å². The Bertz CT molecular complexity index is 1270. The lowest BCUT2D eigenvalue weighted by Gasteiger charge is -2.15. The maximum Gasteiger partial charge on any atom is 0.277 e. The van der Waals surface area contributed by atoms with Gasteiger partial charge in [-0.2, -0.15) is 0 Å². The normalized spacial score (nSPS) is 11.7. The SMILES string of the molecule is COc1cc2nc(CCC(C)(C)O)cn2cc1NC(=O)c1coc(-c2cccc(C)c2)n1. The van der Waals surface area contributed by atoms with Gasteiger partial charge in [0.2, 0.25) is 5.89 Å². The number of aryl methyl sites for hydroxylation is 2. The zero-order valence-electron chi connectivity index (χ0n) is 18.5. The number of pyridine rings is 1. The van der Waals surface area contributed by atoms with Gasteiger partial charge < -0.3 is 24.0 Å². The lowest BCUT2D eigenvalue weighted by molar-refractivity contribution is 0.0711. The minimum atomic E-state index is -0.762. The van der Waals surface area contributed by atoms with Crippen molar-refractivity contribution in [2.24, 2.45) is 0 Å². The first kappa shape index (κ1) is 21.6. The predicted octanol–water partition coefficient (Wildman–Crippen LogP) is 4.26. The molecule has 3 heterocycles. The Labute approximate surface area is 185 Å². The summed E-state index contributed by atoms with van der Waals surface area (Å²) < 4.78 is 12.8. The Kier molecular flexibility index (Phi) is 5.71. The third-order valence-electron chi connectivity index (χ3n) is 5.07. The molecule has 0 saturated carbocycles. The molecular formula is C24H26N4O4. The molecule has 0 fully saturated rings. The number of anilines is 1. The third kappa shape index (κ3) is 4.81. The minimum absolute atomic E-state index is 0.167. The van der Waals surface area contributed by atoms with Crippen molar-refractivity contribution < 1.29 is 19.1 Å². The first-order valence-corrected chi connectivity index (χ1v) is 10.3. The molecule has 8 heteroatoms. The number of amides is 1. The smallest absolute Gasteiger partial charge is 0.277 e. The van der Waals surface area contributed by atoms with Gasteiger partial charge >= 0.3 is 0 Å². The molecule has 1 aromatic carbocycles. The highest BCUT2D eigenvalue weighted by molar-refractivity contribution is 6.03. The average Bonchev–Trinajstić information content (AvgIpc) is 3.38. The van der Waals surface area contributed by atoms with Crippen LogP contribution in [-0.2, 0) is 6.42 Å². The number of nitrogens with one attached hydrogen (secondary N) is 1. The maximum atomic E-state index is 12.8. The zero-order valence-corrected chi connectivity index (χ0v) is 18.5. The molecule has 0 unspecified atom stereocenters. The van der Waals surface area contributed by atoms with Crippen LogP contribution in [0.1, 0.15) is 42.0 Å². The van der Waals surface area contributed by atoms with Crippen LogP contribution >= 0.6 is 0 Å². The average molecular weight is 434 g/mol. The van der Waals surface area contributed by atoms with Gasteiger partial charge in [0.1, 0.15) is 23.3 Å². The molecule has 3 aromatic heterocycles. The van der Waals surface area contributed by atoms with Gasteiger partial charge in [0.15, 0.2) is 5.69 Å². The van der Waals surface area contributed by atoms with Crippen molar-refractivity contribution in [2.45, 2.75) is 39.2 Å². The molecule has 32 heavy (non-hydrogen) atoms. The predicted molar refractivity (Wildman–Crippen MR) is 121 cm³/mol. The molecule has 0 atom stereocenters. The van der Waals surface area contributed by atoms with Crippen molar-refractivity contribution in [3.63, 3.8) is 0 Å². The molecule has 0 spiro atoms. The number of hydrogen-bond acceptors (Lipinski definition) is 6. The summed E-state index contributed by atoms with van der Waals surface area (Å²) in [5.41, 5.74) is 3.30. The molecule has 1 amide bonds. The standard InChI is InChI=1S/C24H26N4O4/c1-15-6-5-7-16(10-15)23-27-19(14-32-23)22(29)26-18-13-28-12-17(8-9-24(2,3)30)25-21(28)11-20(18)31-4/h5-7,10-14,30H,8-9H2,1-4H3,(H,26,29). The van der Waals surface area contributed by atoms with Crippen LogP contribution in [0.25, 0.3) is 17.1 Å². The van der Waals surface area contributed by atoms with Crippen molar-refractivity contribution in [3.8, 4) is 17.2 Å². The first-order chi connectivity index (χ1) is 15.2. The summed E-state index contributed by atoms with van der Waals surface area (Å²) in [5, 5.41) is 12.8. The third-order valence-corrected chi connectivity index (χ3v) is 5.07. The van der Waals surface area contributed by atoms with Crippen LogP contribution in [0.5, 0.6) is 5.75 Å². The van der Waals surface area contributed by atoms with Crippen LogP contribution in [0.3, 0.4) is 0 Å². The summed E-state index contributed by atoms with van der Waals surface area (Å²) in [5.74, 6) is 0.452. The summed E-state index contributed by atoms with van der Waals surface area (Å²) in [4.78, 5) is 21.7. The van der Waals surface area contributed by atoms with E-state index in [4.69, 9.17) is 9.15 Å². The van der Waals surface area contributed by atoms with Crippen molar-refractivity contribution >= 4 is 17.2 Å². The Hall–Kier alpha value is -3.65. The number of carbonyl (C=O) groups is 1. The van der Waals surface area contributed by atoms with E-state index in [1.807, 2.05) is 41.8 Å². The van der Waals surface area contributed by atoms with Gasteiger partial charge in [-0.15, -0.1) is 0 Å². The van der Waals surface area contributed by atoms with E-state index >= 15 is 0 Å². The largest absolute Gasteiger partial charge is 0.494 e. The lowest BCUT2D eigenvalue weighted by Crippen LogP contribution is -2.19. The van der Waals surface area contributed by atoms with Crippen LogP contribution in [-0.4, -0.2) is 38.1 Å². The minimum Gasteiger partial charge on any atom is -0.494 e. The Balaban J connectivity index is 1.56. The number of aromatic nitrogens is 3. The number of carbonyl (C=O) groups excluding carboxylic acids is 1. The summed E-state index contributed by atoms with van der Waals surface area (Å²) in [6.07, 6.45) is 6.18. The molecule has 166 valence electrons. The molecule has 0 aliphatic heterocycles. The number of oxazole rings is 1. The highest BCUT2D eigenvalue weighted by atomic mass is 16.5. The summed E-state index contributed by atoms with van der Waals surface area (Å²) >= 11 is 0. The summed E-state index contributed by atoms with van der Waals surface area (Å²) in [6, 6.07) is 9.47. The number of hydrogen-bond donors (Lipinski definition) is 2. The highest BCUT2D eigenvalue weighted by Crippen LogP contribution is 2.27. The second kappa shape index (κ2) is 8.47. The summed E-state index contributed by atoms with van der Waals surface area (Å²) in [6.45, 7) is 5.52. The first-order valence-electron chi connectivity index (χ1n) is 10.3. The van der Waals surface area contributed by atoms with Crippen LogP contribution in [0, 0.1) is 6.92 Å². The number of rotatable bonds is 7. The molecule has 0 saturated heterocycles. The molecule has 4 aromatic rings. The molecule has 8 nitrogen and oxygen atoms in total. The Morgan fingerprint density at radius 1 is 1.25 bits per heavy atom. The van der Waals surface area contributed by atoms with E-state index in [1.165, 1.54) is 13.4 Å². The number of fused-ring (bicyclic) bond motifs is 1. The van der Waals surface area contributed by atoms with Gasteiger partial charge in [0.25, 0.3) is 5.91 Å². The van der Waals surface area contributed by atoms with Crippen LogP contribution in [0.2, 0.25) is 0 Å². The zero-order chi connectivity index (χ0) is 22.9. The fourth-order valence-electron chi connectivity index (χ4n) is 3.36. The summed E-state index contributed by atoms with van der Waals surface area (Å²) in [7, 11) is 1.53. The van der Waals surface area contributed by atoms with Crippen molar-refractivity contribution in [3.05, 3.63) is 65.9 Å². The molecule has 0 aliphatic carbocycles. The molecule has 0 aliphatic rings. The second-order valence-corrected chi connectivity index (χ2v) is 8.43. The fraction of sp³-hybridized carbons (Fsp3) is 0.292. The van der Waals surface area contributed by atoms with Gasteiger partial charge in [-0.05, 0) is 45.7 Å². The lowest BCUT2D eigenvalue weighted by atomic mass is 10.0. The van der Waals surface area contributed by atoms with E-state index < -0.39 is 11.5 Å². The van der Waals surface area contributed by atoms with E-state index in [-0.39, 0.29) is 5.69 Å². The van der Waals surface area contributed by atoms with Crippen LogP contribution in [0.15, 0.2) is 53.4 Å². The van der Waals surface area contributed by atoms with Crippen LogP contribution < -0.4 is 10.1 Å². The number of methoxy groups -OCH3 is 1. The van der Waals surface area contributed by atoms with Gasteiger partial charge in [-0.25, -0.2) is 9.97 Å². The Morgan fingerprint density at radius 2 is 2.06 bits per heavy atom. The van der Waals surface area contributed by atoms with Gasteiger partial charge in [0, 0.05) is 24.0 Å². The van der Waals surface area contributed by atoms with E-state index in [0.717, 1.165) is 16.8 Å². The fourth-order valence-corrected chi connectivity index (χ4v) is 3.36. The van der Waals surface area contributed by atoms with E-state index in [1.54, 1.807) is 26.1 Å². The number of ether oxygens (including phenoxy) is 1. The number of benzene rings is 1. The molecule has 0 bridgehead atoms. The van der Waals surface area contributed by atoms with Crippen LogP contribution in [0.4, 0.5) is 5.69 Å². The van der Waals surface area contributed by atoms with E-state index in [0.29, 0.717) is 35.8 Å². The number of nitrogens with zero attached hydrogens (tertiary/aromatic N) is 3. The van der Waals surface area contributed by atoms with E-state index in [2.05, 4.69) is 15.3 Å². The molecule has 2 N–H and O–H groups in total. The molecular weight excluding hydrogens is 408 g/mol. The van der Waals surface area contributed by atoms with Gasteiger partial charge in [0.05, 0.1) is 18.4 Å². The Morgan fingerprint density at radius 3 is 2.78 bits per heavy atom. The van der Waals surface area contributed by atoms with Crippen molar-refractivity contribution in [2.75, 3.05) is 12.4 Å². The monoisotopic (exact) mass is 434 g/mol. The molecule has 4 rings (SSSR count). The second-order valence-electron chi connectivity index (χ2n) is 8.43. The van der Waals surface area contributed by atoms with Gasteiger partial charge in [-0.3, -0.25) is 4.79 Å². The maximum absolute atomic E-state index is 12.8. The van der Waals surface area contributed by atoms with Gasteiger partial charge in [-0.1, -0.05) is 17.7 Å². The van der Waals surface area contributed by atoms with Crippen molar-refractivity contribution in [1.82, 2.24) is 14.4 Å². The molecule has 0 radical (unpaired) electrons. The highest BCUT2D eigenvalue weighted by Gasteiger charge is 2.18. The number of aliphatic hydroxyl groups is 1. The quantitative estimate of drug-likeness (QED) is 0.451. The van der Waals surface area contributed by atoms with E-state index in [9.17, 15) is 9.90 Å². The number of imidazole rings is 1. The topological polar surface area (TPSA) is 102 Å².